The number of nitrogens with one attached hydrogen (secondary N) is 2. The summed E-state index contributed by atoms with van der Waals surface area (Å²) in [6.07, 6.45) is 1.61. The Bertz CT molecular complexity index is 352. The number of hydrogen-bond donors (Lipinski definition) is 2. The lowest BCUT2D eigenvalue weighted by Crippen LogP contribution is -2.37. The van der Waals surface area contributed by atoms with Gasteiger partial charge in [0.1, 0.15) is 6.33 Å². The largest absolute Gasteiger partial charge is 0.383 e. The Morgan fingerprint density at radius 2 is 2.41 bits per heavy atom. The SMILES string of the molecule is COCCNCC(=O)NC(C)c1nncn1C. The monoisotopic (exact) mass is 241 g/mol. The summed E-state index contributed by atoms with van der Waals surface area (Å²) < 4.78 is 6.64. The molecule has 17 heavy (non-hydrogen) atoms. The van der Waals surface area contributed by atoms with Gasteiger partial charge in [-0.15, -0.1) is 10.2 Å². The summed E-state index contributed by atoms with van der Waals surface area (Å²) >= 11 is 0. The highest BCUT2D eigenvalue weighted by Gasteiger charge is 2.13. The summed E-state index contributed by atoms with van der Waals surface area (Å²) in [5, 5.41) is 13.5. The number of nitrogens with zero attached hydrogens (tertiary/aromatic N) is 3. The van der Waals surface area contributed by atoms with E-state index in [4.69, 9.17) is 4.74 Å². The van der Waals surface area contributed by atoms with Gasteiger partial charge in [-0.1, -0.05) is 0 Å². The molecule has 1 rings (SSSR count). The first kappa shape index (κ1) is 13.6. The molecule has 96 valence electrons. The van der Waals surface area contributed by atoms with Crippen LogP contribution in [0.3, 0.4) is 0 Å². The fraction of sp³-hybridized carbons (Fsp3) is 0.700. The molecule has 1 aromatic rings. The summed E-state index contributed by atoms with van der Waals surface area (Å²) in [5.74, 6) is 0.659. The lowest BCUT2D eigenvalue weighted by atomic mass is 10.3. The van der Waals surface area contributed by atoms with E-state index in [0.29, 0.717) is 13.2 Å². The molecule has 2 N–H and O–H groups in total. The Hall–Kier alpha value is -1.47. The van der Waals surface area contributed by atoms with E-state index >= 15 is 0 Å². The van der Waals surface area contributed by atoms with Crippen molar-refractivity contribution >= 4 is 5.91 Å². The first-order valence-corrected chi connectivity index (χ1v) is 5.48. The molecule has 0 spiro atoms. The molecule has 0 radical (unpaired) electrons. The van der Waals surface area contributed by atoms with Gasteiger partial charge < -0.3 is 19.9 Å². The molecule has 0 fully saturated rings. The molecule has 0 aromatic carbocycles. The number of amides is 1. The molecule has 7 nitrogen and oxygen atoms in total. The van der Waals surface area contributed by atoms with Crippen molar-refractivity contribution in [3.63, 3.8) is 0 Å². The van der Waals surface area contributed by atoms with E-state index in [1.165, 1.54) is 0 Å². The number of carbonyl (C=O) groups excluding carboxylic acids is 1. The topological polar surface area (TPSA) is 81.1 Å². The van der Waals surface area contributed by atoms with Crippen LogP contribution >= 0.6 is 0 Å². The highest BCUT2D eigenvalue weighted by atomic mass is 16.5. The van der Waals surface area contributed by atoms with E-state index in [0.717, 1.165) is 5.82 Å². The first-order chi connectivity index (χ1) is 8.15. The normalized spacial score (nSPS) is 12.4. The van der Waals surface area contributed by atoms with Gasteiger partial charge in [-0.3, -0.25) is 4.79 Å². The molecule has 1 atom stereocenters. The van der Waals surface area contributed by atoms with E-state index in [2.05, 4.69) is 20.8 Å². The molecule has 1 amide bonds. The number of aromatic nitrogens is 3. The minimum absolute atomic E-state index is 0.0726. The zero-order valence-corrected chi connectivity index (χ0v) is 10.4. The van der Waals surface area contributed by atoms with Crippen molar-refractivity contribution in [1.82, 2.24) is 25.4 Å². The van der Waals surface area contributed by atoms with Crippen LogP contribution in [0.25, 0.3) is 0 Å². The predicted molar refractivity (Wildman–Crippen MR) is 62.3 cm³/mol. The number of ether oxygens (including phenoxy) is 1. The molecule has 0 saturated carbocycles. The van der Waals surface area contributed by atoms with Gasteiger partial charge in [0.15, 0.2) is 5.82 Å². The number of methoxy groups -OCH3 is 1. The zero-order chi connectivity index (χ0) is 12.7. The maximum absolute atomic E-state index is 11.6. The van der Waals surface area contributed by atoms with E-state index in [1.54, 1.807) is 18.0 Å². The quantitative estimate of drug-likeness (QED) is 0.613. The molecule has 7 heteroatoms. The average molecular weight is 241 g/mol. The number of aryl methyl sites for hydroxylation is 1. The second-order valence-electron chi connectivity index (χ2n) is 3.76. The fourth-order valence-electron chi connectivity index (χ4n) is 1.42. The van der Waals surface area contributed by atoms with E-state index in [1.807, 2.05) is 14.0 Å². The smallest absolute Gasteiger partial charge is 0.234 e. The molecular weight excluding hydrogens is 222 g/mol. The molecule has 0 aliphatic carbocycles. The minimum Gasteiger partial charge on any atom is -0.383 e. The maximum Gasteiger partial charge on any atom is 0.234 e. The van der Waals surface area contributed by atoms with Gasteiger partial charge in [0.25, 0.3) is 0 Å². The Balaban J connectivity index is 2.29. The van der Waals surface area contributed by atoms with Gasteiger partial charge in [-0.25, -0.2) is 0 Å². The van der Waals surface area contributed by atoms with Crippen molar-refractivity contribution in [2.75, 3.05) is 26.8 Å². The van der Waals surface area contributed by atoms with Crippen LogP contribution in [0.15, 0.2) is 6.33 Å². The molecule has 1 heterocycles. The second kappa shape index (κ2) is 6.97. The summed E-state index contributed by atoms with van der Waals surface area (Å²) in [6.45, 7) is 3.39. The van der Waals surface area contributed by atoms with Crippen molar-refractivity contribution in [3.8, 4) is 0 Å². The van der Waals surface area contributed by atoms with Crippen LogP contribution in [0.5, 0.6) is 0 Å². The van der Waals surface area contributed by atoms with Crippen LogP contribution in [0.1, 0.15) is 18.8 Å². The Morgan fingerprint density at radius 1 is 1.65 bits per heavy atom. The Morgan fingerprint density at radius 3 is 3.00 bits per heavy atom. The van der Waals surface area contributed by atoms with Gasteiger partial charge in [0.2, 0.25) is 5.91 Å². The average Bonchev–Trinajstić information content (AvgIpc) is 2.71. The van der Waals surface area contributed by atoms with Crippen molar-refractivity contribution in [1.29, 1.82) is 0 Å². The summed E-state index contributed by atoms with van der Waals surface area (Å²) in [7, 11) is 3.47. The highest BCUT2D eigenvalue weighted by Crippen LogP contribution is 2.05. The van der Waals surface area contributed by atoms with Crippen molar-refractivity contribution in [3.05, 3.63) is 12.2 Å². The third-order valence-corrected chi connectivity index (χ3v) is 2.28. The van der Waals surface area contributed by atoms with Crippen LogP contribution < -0.4 is 10.6 Å². The Kier molecular flexibility index (Phi) is 5.58. The van der Waals surface area contributed by atoms with Crippen LogP contribution in [0.4, 0.5) is 0 Å². The number of rotatable bonds is 7. The van der Waals surface area contributed by atoms with Crippen LogP contribution in [-0.4, -0.2) is 47.5 Å². The maximum atomic E-state index is 11.6. The molecule has 0 aliphatic heterocycles. The van der Waals surface area contributed by atoms with Crippen LogP contribution in [0.2, 0.25) is 0 Å². The third-order valence-electron chi connectivity index (χ3n) is 2.28. The van der Waals surface area contributed by atoms with Gasteiger partial charge in [0, 0.05) is 20.7 Å². The lowest BCUT2D eigenvalue weighted by molar-refractivity contribution is -0.120. The number of hydrogen-bond acceptors (Lipinski definition) is 5. The second-order valence-corrected chi connectivity index (χ2v) is 3.76. The summed E-state index contributed by atoms with van der Waals surface area (Å²) in [6, 6.07) is -0.153. The standard InChI is InChI=1S/C10H19N5O2/c1-8(10-14-12-7-15(10)2)13-9(16)6-11-4-5-17-3/h7-8,11H,4-6H2,1-3H3,(H,13,16). The molecular formula is C10H19N5O2. The van der Waals surface area contributed by atoms with E-state index in [-0.39, 0.29) is 18.5 Å². The molecule has 0 aliphatic rings. The summed E-state index contributed by atoms with van der Waals surface area (Å²) in [4.78, 5) is 11.6. The fourth-order valence-corrected chi connectivity index (χ4v) is 1.42. The van der Waals surface area contributed by atoms with Crippen molar-refractivity contribution in [2.24, 2.45) is 7.05 Å². The lowest BCUT2D eigenvalue weighted by Gasteiger charge is -2.13. The van der Waals surface area contributed by atoms with Gasteiger partial charge >= 0.3 is 0 Å². The van der Waals surface area contributed by atoms with E-state index < -0.39 is 0 Å². The molecule has 1 aromatic heterocycles. The molecule has 1 unspecified atom stereocenters. The van der Waals surface area contributed by atoms with Crippen LogP contribution in [-0.2, 0) is 16.6 Å². The Labute approximate surface area is 101 Å². The van der Waals surface area contributed by atoms with Crippen molar-refractivity contribution < 1.29 is 9.53 Å². The number of carbonyl (C=O) groups is 1. The molecule has 0 bridgehead atoms. The highest BCUT2D eigenvalue weighted by molar-refractivity contribution is 5.78. The van der Waals surface area contributed by atoms with Gasteiger partial charge in [-0.05, 0) is 6.92 Å². The molecule has 0 saturated heterocycles. The van der Waals surface area contributed by atoms with E-state index in [9.17, 15) is 4.79 Å². The third kappa shape index (κ3) is 4.49. The first-order valence-electron chi connectivity index (χ1n) is 5.48. The summed E-state index contributed by atoms with van der Waals surface area (Å²) in [5.41, 5.74) is 0. The minimum atomic E-state index is -0.153. The van der Waals surface area contributed by atoms with Crippen molar-refractivity contribution in [2.45, 2.75) is 13.0 Å². The predicted octanol–water partition coefficient (Wildman–Crippen LogP) is -0.772. The van der Waals surface area contributed by atoms with Crippen LogP contribution in [0, 0.1) is 0 Å². The van der Waals surface area contributed by atoms with Gasteiger partial charge in [-0.2, -0.15) is 0 Å². The van der Waals surface area contributed by atoms with Gasteiger partial charge in [0.05, 0.1) is 19.2 Å². The zero-order valence-electron chi connectivity index (χ0n) is 10.4.